The molecule has 1 aliphatic rings. The average molecular weight is 542 g/mol. The number of thiocarbonyl (C=S) groups is 1. The summed E-state index contributed by atoms with van der Waals surface area (Å²) in [5.41, 5.74) is 4.53. The summed E-state index contributed by atoms with van der Waals surface area (Å²) in [4.78, 5) is 30.4. The molecule has 0 aliphatic carbocycles. The number of aryl methyl sites for hydroxylation is 1. The smallest absolute Gasteiger partial charge is 0.270 e. The van der Waals surface area contributed by atoms with Crippen LogP contribution in [0.5, 0.6) is 5.75 Å². The molecule has 1 aromatic heterocycles. The fourth-order valence-corrected chi connectivity index (χ4v) is 5.25. The largest absolute Gasteiger partial charge is 0.495 e. The topological polar surface area (TPSA) is 54.8 Å². The summed E-state index contributed by atoms with van der Waals surface area (Å²) in [6.45, 7) is 3.89. The highest BCUT2D eigenvalue weighted by Gasteiger charge is 2.41. The Kier molecular flexibility index (Phi) is 6.89. The van der Waals surface area contributed by atoms with Crippen LogP contribution in [0.3, 0.4) is 0 Å². The molecule has 0 unspecified atom stereocenters. The molecule has 5 rings (SSSR count). The molecule has 2 amide bonds. The zero-order chi connectivity index (χ0) is 27.0. The second-order valence-electron chi connectivity index (χ2n) is 8.77. The molecular formula is C30H24ClN3O3S. The molecule has 3 aromatic carbocycles. The van der Waals surface area contributed by atoms with E-state index in [2.05, 4.69) is 0 Å². The minimum atomic E-state index is -0.476. The summed E-state index contributed by atoms with van der Waals surface area (Å²) in [7, 11) is 1.57. The number of ether oxygens (including phenoxy) is 1. The monoisotopic (exact) mass is 541 g/mol. The molecule has 0 saturated carbocycles. The number of methoxy groups -OCH3 is 1. The summed E-state index contributed by atoms with van der Waals surface area (Å²) in [5, 5.41) is 0.591. The van der Waals surface area contributed by atoms with Crippen LogP contribution in [0.25, 0.3) is 11.8 Å². The second kappa shape index (κ2) is 10.3. The maximum Gasteiger partial charge on any atom is 0.270 e. The number of hydrogen-bond donors (Lipinski definition) is 0. The van der Waals surface area contributed by atoms with E-state index in [-0.39, 0.29) is 10.7 Å². The minimum absolute atomic E-state index is 0.0133. The van der Waals surface area contributed by atoms with Crippen molar-refractivity contribution in [2.24, 2.45) is 0 Å². The van der Waals surface area contributed by atoms with E-state index < -0.39 is 11.8 Å². The predicted molar refractivity (Wildman–Crippen MR) is 155 cm³/mol. The van der Waals surface area contributed by atoms with Crippen molar-refractivity contribution in [3.63, 3.8) is 0 Å². The number of aromatic nitrogens is 1. The zero-order valence-electron chi connectivity index (χ0n) is 21.0. The van der Waals surface area contributed by atoms with Gasteiger partial charge in [-0.15, -0.1) is 0 Å². The normalized spacial score (nSPS) is 13.8. The third kappa shape index (κ3) is 4.40. The molecule has 0 atom stereocenters. The molecule has 6 nitrogen and oxygen atoms in total. The second-order valence-corrected chi connectivity index (χ2v) is 9.55. The van der Waals surface area contributed by atoms with Crippen molar-refractivity contribution in [1.82, 2.24) is 4.57 Å². The fraction of sp³-hybridized carbons (Fsp3) is 0.100. The van der Waals surface area contributed by atoms with Gasteiger partial charge in [0.1, 0.15) is 11.3 Å². The maximum atomic E-state index is 13.8. The lowest BCUT2D eigenvalue weighted by molar-refractivity contribution is -0.120. The van der Waals surface area contributed by atoms with Crippen molar-refractivity contribution in [2.75, 3.05) is 16.9 Å². The van der Waals surface area contributed by atoms with Gasteiger partial charge in [0.05, 0.1) is 23.5 Å². The standard InChI is InChI=1S/C30H24ClN3O3S/c1-19-16-21(20(2)32(19)24-14-15-27(37-3)26(31)18-24)17-25-28(35)33(22-10-6-4-7-11-22)30(38)34(29(25)36)23-12-8-5-9-13-23/h4-18H,1-3H3. The van der Waals surface area contributed by atoms with Crippen molar-refractivity contribution >= 4 is 58.2 Å². The van der Waals surface area contributed by atoms with Gasteiger partial charge in [-0.2, -0.15) is 0 Å². The Morgan fingerprint density at radius 2 is 1.34 bits per heavy atom. The number of amides is 2. The van der Waals surface area contributed by atoms with Gasteiger partial charge < -0.3 is 9.30 Å². The zero-order valence-corrected chi connectivity index (χ0v) is 22.6. The maximum absolute atomic E-state index is 13.8. The minimum Gasteiger partial charge on any atom is -0.495 e. The highest BCUT2D eigenvalue weighted by molar-refractivity contribution is 7.81. The van der Waals surface area contributed by atoms with Gasteiger partial charge in [0.15, 0.2) is 5.11 Å². The Morgan fingerprint density at radius 3 is 1.84 bits per heavy atom. The van der Waals surface area contributed by atoms with E-state index in [9.17, 15) is 9.59 Å². The van der Waals surface area contributed by atoms with Crippen LogP contribution in [-0.2, 0) is 9.59 Å². The lowest BCUT2D eigenvalue weighted by Gasteiger charge is -2.36. The van der Waals surface area contributed by atoms with Crippen LogP contribution in [0.4, 0.5) is 11.4 Å². The number of halogens is 1. The molecule has 4 aromatic rings. The molecule has 1 aliphatic heterocycles. The van der Waals surface area contributed by atoms with Crippen molar-refractivity contribution in [3.05, 3.63) is 112 Å². The lowest BCUT2D eigenvalue weighted by atomic mass is 10.1. The third-order valence-corrected chi connectivity index (χ3v) is 7.10. The summed E-state index contributed by atoms with van der Waals surface area (Å²) in [5.74, 6) is -0.372. The molecule has 0 bridgehead atoms. The van der Waals surface area contributed by atoms with E-state index in [4.69, 9.17) is 28.6 Å². The predicted octanol–water partition coefficient (Wildman–Crippen LogP) is 6.50. The van der Waals surface area contributed by atoms with Gasteiger partial charge in [-0.05, 0) is 86.2 Å². The first-order valence-electron chi connectivity index (χ1n) is 11.9. The number of carbonyl (C=O) groups is 2. The van der Waals surface area contributed by atoms with Crippen LogP contribution < -0.4 is 14.5 Å². The van der Waals surface area contributed by atoms with E-state index in [0.29, 0.717) is 22.1 Å². The van der Waals surface area contributed by atoms with Crippen LogP contribution in [0.15, 0.2) is 90.5 Å². The summed E-state index contributed by atoms with van der Waals surface area (Å²) in [6, 6.07) is 25.7. The van der Waals surface area contributed by atoms with Crippen molar-refractivity contribution in [3.8, 4) is 11.4 Å². The molecule has 0 radical (unpaired) electrons. The number of benzene rings is 3. The summed E-state index contributed by atoms with van der Waals surface area (Å²) >= 11 is 12.1. The fourth-order valence-electron chi connectivity index (χ4n) is 4.62. The van der Waals surface area contributed by atoms with Crippen LogP contribution in [0.2, 0.25) is 5.02 Å². The molecule has 38 heavy (non-hydrogen) atoms. The van der Waals surface area contributed by atoms with E-state index >= 15 is 0 Å². The van der Waals surface area contributed by atoms with Gasteiger partial charge in [-0.1, -0.05) is 48.0 Å². The quantitative estimate of drug-likeness (QED) is 0.164. The first-order chi connectivity index (χ1) is 18.3. The van der Waals surface area contributed by atoms with E-state index in [1.165, 1.54) is 9.80 Å². The highest BCUT2D eigenvalue weighted by Crippen LogP contribution is 2.32. The molecule has 8 heteroatoms. The van der Waals surface area contributed by atoms with Crippen LogP contribution >= 0.6 is 23.8 Å². The van der Waals surface area contributed by atoms with Gasteiger partial charge >= 0.3 is 0 Å². The molecule has 1 fully saturated rings. The van der Waals surface area contributed by atoms with Gasteiger partial charge in [0, 0.05) is 17.1 Å². The summed E-state index contributed by atoms with van der Waals surface area (Å²) in [6.07, 6.45) is 1.64. The lowest BCUT2D eigenvalue weighted by Crippen LogP contribution is -2.56. The van der Waals surface area contributed by atoms with Crippen LogP contribution in [-0.4, -0.2) is 28.6 Å². The molecular weight excluding hydrogens is 518 g/mol. The Labute approximate surface area is 231 Å². The Hall–Kier alpha value is -4.20. The van der Waals surface area contributed by atoms with Crippen LogP contribution in [0, 0.1) is 13.8 Å². The molecule has 0 spiro atoms. The Morgan fingerprint density at radius 1 is 0.789 bits per heavy atom. The van der Waals surface area contributed by atoms with Gasteiger partial charge in [0.2, 0.25) is 0 Å². The van der Waals surface area contributed by atoms with Gasteiger partial charge in [-0.25, -0.2) is 0 Å². The molecule has 190 valence electrons. The number of carbonyl (C=O) groups excluding carboxylic acids is 2. The number of rotatable bonds is 5. The number of anilines is 2. The van der Waals surface area contributed by atoms with Gasteiger partial charge in [-0.3, -0.25) is 19.4 Å². The third-order valence-electron chi connectivity index (χ3n) is 6.44. The molecule has 2 heterocycles. The van der Waals surface area contributed by atoms with E-state index in [1.54, 1.807) is 43.5 Å². The van der Waals surface area contributed by atoms with Crippen molar-refractivity contribution in [2.45, 2.75) is 13.8 Å². The Balaban J connectivity index is 1.64. The first-order valence-corrected chi connectivity index (χ1v) is 12.7. The SMILES string of the molecule is COc1ccc(-n2c(C)cc(C=C3C(=O)N(c4ccccc4)C(=S)N(c4ccccc4)C3=O)c2C)cc1Cl. The van der Waals surface area contributed by atoms with E-state index in [1.807, 2.05) is 73.0 Å². The molecule has 1 saturated heterocycles. The van der Waals surface area contributed by atoms with Gasteiger partial charge in [0.25, 0.3) is 11.8 Å². The van der Waals surface area contributed by atoms with E-state index in [0.717, 1.165) is 22.6 Å². The summed E-state index contributed by atoms with van der Waals surface area (Å²) < 4.78 is 7.30. The number of nitrogens with zero attached hydrogens (tertiary/aromatic N) is 3. The van der Waals surface area contributed by atoms with Crippen molar-refractivity contribution < 1.29 is 14.3 Å². The highest BCUT2D eigenvalue weighted by atomic mass is 35.5. The number of hydrogen-bond acceptors (Lipinski definition) is 4. The van der Waals surface area contributed by atoms with Crippen LogP contribution in [0.1, 0.15) is 17.0 Å². The first kappa shape index (κ1) is 25.4. The Bertz CT molecular complexity index is 1530. The molecule has 0 N–H and O–H groups in total. The average Bonchev–Trinajstić information content (AvgIpc) is 3.20. The van der Waals surface area contributed by atoms with Crippen molar-refractivity contribution in [1.29, 1.82) is 0 Å². The number of para-hydroxylation sites is 2.